The molecule has 0 aromatic carbocycles. The van der Waals surface area contributed by atoms with Crippen molar-refractivity contribution in [3.05, 3.63) is 0 Å². The van der Waals surface area contributed by atoms with E-state index in [1.54, 1.807) is 11.8 Å². The lowest BCUT2D eigenvalue weighted by Gasteiger charge is -2.15. The lowest BCUT2D eigenvalue weighted by atomic mass is 10.1. The average Bonchev–Trinajstić information content (AvgIpc) is 2.70. The molecule has 0 aromatic heterocycles. The Balaban J connectivity index is 2.42. The van der Waals surface area contributed by atoms with Gasteiger partial charge in [-0.15, -0.1) is 0 Å². The second-order valence-electron chi connectivity index (χ2n) is 4.52. The second-order valence-corrected chi connectivity index (χ2v) is 4.52. The zero-order valence-corrected chi connectivity index (χ0v) is 10.8. The molecule has 2 N–H and O–H groups in total. The third kappa shape index (κ3) is 3.45. The van der Waals surface area contributed by atoms with Crippen LogP contribution in [0.15, 0.2) is 0 Å². The number of carbonyl (C=O) groups is 3. The number of carbonyl (C=O) groups excluding carboxylic acids is 2. The Bertz CT molecular complexity index is 343. The molecule has 0 aliphatic carbocycles. The second kappa shape index (κ2) is 6.37. The summed E-state index contributed by atoms with van der Waals surface area (Å²) in [6.45, 7) is 4.81. The molecular formula is C12H20N2O4. The van der Waals surface area contributed by atoms with Gasteiger partial charge in [-0.3, -0.25) is 14.4 Å². The van der Waals surface area contributed by atoms with Crippen LogP contribution in [0.25, 0.3) is 0 Å². The standard InChI is InChI=1S/C12H20N2O4/c1-3-8(12(17)18)6-13-11(16)9-5-10(15)14(4-2)7-9/h8-9H,3-7H2,1-2H3,(H,13,16)(H,17,18). The smallest absolute Gasteiger partial charge is 0.308 e. The van der Waals surface area contributed by atoms with E-state index < -0.39 is 11.9 Å². The summed E-state index contributed by atoms with van der Waals surface area (Å²) in [6, 6.07) is 0. The van der Waals surface area contributed by atoms with Gasteiger partial charge in [-0.2, -0.15) is 0 Å². The van der Waals surface area contributed by atoms with Gasteiger partial charge in [-0.05, 0) is 13.3 Å². The van der Waals surface area contributed by atoms with Crippen molar-refractivity contribution >= 4 is 17.8 Å². The van der Waals surface area contributed by atoms with Crippen LogP contribution in [0.4, 0.5) is 0 Å². The Labute approximate surface area is 106 Å². The fourth-order valence-electron chi connectivity index (χ4n) is 2.03. The molecule has 0 radical (unpaired) electrons. The molecule has 102 valence electrons. The van der Waals surface area contributed by atoms with E-state index in [0.717, 1.165) is 0 Å². The third-order valence-corrected chi connectivity index (χ3v) is 3.33. The number of carboxylic acids is 1. The Morgan fingerprint density at radius 1 is 1.50 bits per heavy atom. The average molecular weight is 256 g/mol. The summed E-state index contributed by atoms with van der Waals surface area (Å²) >= 11 is 0. The summed E-state index contributed by atoms with van der Waals surface area (Å²) in [5.74, 6) is -2.05. The fraction of sp³-hybridized carbons (Fsp3) is 0.750. The Morgan fingerprint density at radius 3 is 2.61 bits per heavy atom. The van der Waals surface area contributed by atoms with Gasteiger partial charge in [0, 0.05) is 26.1 Å². The fourth-order valence-corrected chi connectivity index (χ4v) is 2.03. The van der Waals surface area contributed by atoms with E-state index in [4.69, 9.17) is 5.11 Å². The molecule has 18 heavy (non-hydrogen) atoms. The number of aliphatic carboxylic acids is 1. The van der Waals surface area contributed by atoms with Crippen molar-refractivity contribution in [2.75, 3.05) is 19.6 Å². The van der Waals surface area contributed by atoms with Gasteiger partial charge in [-0.25, -0.2) is 0 Å². The van der Waals surface area contributed by atoms with E-state index in [9.17, 15) is 14.4 Å². The monoisotopic (exact) mass is 256 g/mol. The van der Waals surface area contributed by atoms with Gasteiger partial charge in [-0.1, -0.05) is 6.92 Å². The molecule has 0 spiro atoms. The van der Waals surface area contributed by atoms with E-state index in [1.165, 1.54) is 0 Å². The number of hydrogen-bond donors (Lipinski definition) is 2. The molecular weight excluding hydrogens is 236 g/mol. The highest BCUT2D eigenvalue weighted by Crippen LogP contribution is 2.17. The number of carboxylic acid groups (broad SMARTS) is 1. The number of amides is 2. The molecule has 2 amide bonds. The summed E-state index contributed by atoms with van der Waals surface area (Å²) in [7, 11) is 0. The zero-order chi connectivity index (χ0) is 13.7. The third-order valence-electron chi connectivity index (χ3n) is 3.33. The molecule has 1 rings (SSSR count). The minimum absolute atomic E-state index is 0.0112. The quantitative estimate of drug-likeness (QED) is 0.704. The first-order valence-electron chi connectivity index (χ1n) is 6.27. The SMILES string of the molecule is CCC(CNC(=O)C1CC(=O)N(CC)C1)C(=O)O. The summed E-state index contributed by atoms with van der Waals surface area (Å²) in [4.78, 5) is 35.7. The van der Waals surface area contributed by atoms with Crippen molar-refractivity contribution in [3.63, 3.8) is 0 Å². The van der Waals surface area contributed by atoms with E-state index in [0.29, 0.717) is 19.5 Å². The largest absolute Gasteiger partial charge is 0.481 e. The van der Waals surface area contributed by atoms with Crippen LogP contribution in [0.3, 0.4) is 0 Å². The summed E-state index contributed by atoms with van der Waals surface area (Å²) in [5.41, 5.74) is 0. The molecule has 0 aromatic rings. The van der Waals surface area contributed by atoms with Crippen molar-refractivity contribution in [1.29, 1.82) is 0 Å². The molecule has 1 heterocycles. The first-order chi connectivity index (χ1) is 8.49. The van der Waals surface area contributed by atoms with Crippen molar-refractivity contribution in [2.45, 2.75) is 26.7 Å². The highest BCUT2D eigenvalue weighted by Gasteiger charge is 2.33. The van der Waals surface area contributed by atoms with Gasteiger partial charge in [0.05, 0.1) is 11.8 Å². The molecule has 2 unspecified atom stereocenters. The van der Waals surface area contributed by atoms with E-state index in [2.05, 4.69) is 5.32 Å². The van der Waals surface area contributed by atoms with Gasteiger partial charge in [0.25, 0.3) is 0 Å². The summed E-state index contributed by atoms with van der Waals surface area (Å²) < 4.78 is 0. The Hall–Kier alpha value is -1.59. The predicted octanol–water partition coefficient (Wildman–Crippen LogP) is 0.0818. The van der Waals surface area contributed by atoms with Crippen molar-refractivity contribution in [2.24, 2.45) is 11.8 Å². The molecule has 6 heteroatoms. The number of rotatable bonds is 6. The molecule has 0 saturated carbocycles. The van der Waals surface area contributed by atoms with E-state index >= 15 is 0 Å². The predicted molar refractivity (Wildman–Crippen MR) is 64.8 cm³/mol. The van der Waals surface area contributed by atoms with Crippen molar-refractivity contribution in [1.82, 2.24) is 10.2 Å². The van der Waals surface area contributed by atoms with Crippen molar-refractivity contribution in [3.8, 4) is 0 Å². The highest BCUT2D eigenvalue weighted by atomic mass is 16.4. The van der Waals surface area contributed by atoms with Crippen LogP contribution in [0.2, 0.25) is 0 Å². The van der Waals surface area contributed by atoms with Gasteiger partial charge < -0.3 is 15.3 Å². The normalized spacial score (nSPS) is 20.9. The maximum Gasteiger partial charge on any atom is 0.308 e. The molecule has 2 atom stereocenters. The van der Waals surface area contributed by atoms with Crippen LogP contribution in [0.5, 0.6) is 0 Å². The molecule has 1 saturated heterocycles. The number of hydrogen-bond acceptors (Lipinski definition) is 3. The molecule has 0 bridgehead atoms. The minimum Gasteiger partial charge on any atom is -0.481 e. The van der Waals surface area contributed by atoms with Gasteiger partial charge in [0.1, 0.15) is 0 Å². The Kier molecular flexibility index (Phi) is 5.12. The molecule has 1 aliphatic rings. The van der Waals surface area contributed by atoms with Crippen LogP contribution in [-0.4, -0.2) is 47.4 Å². The maximum absolute atomic E-state index is 11.8. The summed E-state index contributed by atoms with van der Waals surface area (Å²) in [6.07, 6.45) is 0.698. The van der Waals surface area contributed by atoms with Crippen LogP contribution in [-0.2, 0) is 14.4 Å². The number of likely N-dealkylation sites (tertiary alicyclic amines) is 1. The molecule has 6 nitrogen and oxygen atoms in total. The number of nitrogens with zero attached hydrogens (tertiary/aromatic N) is 1. The van der Waals surface area contributed by atoms with Gasteiger partial charge in [0.2, 0.25) is 11.8 Å². The van der Waals surface area contributed by atoms with Crippen LogP contribution in [0.1, 0.15) is 26.7 Å². The topological polar surface area (TPSA) is 86.7 Å². The van der Waals surface area contributed by atoms with Crippen molar-refractivity contribution < 1.29 is 19.5 Å². The lowest BCUT2D eigenvalue weighted by Crippen LogP contribution is -2.37. The van der Waals surface area contributed by atoms with Gasteiger partial charge >= 0.3 is 5.97 Å². The zero-order valence-electron chi connectivity index (χ0n) is 10.8. The first kappa shape index (κ1) is 14.5. The van der Waals surface area contributed by atoms with E-state index in [-0.39, 0.29) is 30.7 Å². The minimum atomic E-state index is -0.907. The summed E-state index contributed by atoms with van der Waals surface area (Å²) in [5, 5.41) is 11.5. The van der Waals surface area contributed by atoms with Gasteiger partial charge in [0.15, 0.2) is 0 Å². The maximum atomic E-state index is 11.8. The lowest BCUT2D eigenvalue weighted by molar-refractivity contribution is -0.142. The van der Waals surface area contributed by atoms with Crippen LogP contribution in [0, 0.1) is 11.8 Å². The van der Waals surface area contributed by atoms with Crippen LogP contribution < -0.4 is 5.32 Å². The number of nitrogens with one attached hydrogen (secondary N) is 1. The molecule has 1 aliphatic heterocycles. The first-order valence-corrected chi connectivity index (χ1v) is 6.27. The Morgan fingerprint density at radius 2 is 2.17 bits per heavy atom. The van der Waals surface area contributed by atoms with Crippen LogP contribution >= 0.6 is 0 Å². The van der Waals surface area contributed by atoms with E-state index in [1.807, 2.05) is 6.92 Å². The molecule has 1 fully saturated rings. The highest BCUT2D eigenvalue weighted by molar-refractivity contribution is 5.89.